The number of hydrogen-bond donors (Lipinski definition) is 1. The third-order valence-corrected chi connectivity index (χ3v) is 4.75. The van der Waals surface area contributed by atoms with Crippen LogP contribution in [0.3, 0.4) is 0 Å². The molecule has 1 amide bonds. The molecule has 2 unspecified atom stereocenters. The van der Waals surface area contributed by atoms with Crippen molar-refractivity contribution in [2.75, 3.05) is 31.1 Å². The van der Waals surface area contributed by atoms with E-state index in [1.165, 1.54) is 11.3 Å². The number of benzene rings is 1. The van der Waals surface area contributed by atoms with Crippen molar-refractivity contribution in [3.63, 3.8) is 0 Å². The molecule has 1 aromatic rings. The Morgan fingerprint density at radius 1 is 1.19 bits per heavy atom. The molecule has 1 aromatic carbocycles. The van der Waals surface area contributed by atoms with Crippen LogP contribution in [0.15, 0.2) is 24.3 Å². The fourth-order valence-corrected chi connectivity index (χ4v) is 3.47. The van der Waals surface area contributed by atoms with Crippen LogP contribution in [-0.4, -0.2) is 48.2 Å². The number of carbonyl (C=O) groups excluding carboxylic acids is 1. The van der Waals surface area contributed by atoms with Gasteiger partial charge in [-0.2, -0.15) is 0 Å². The van der Waals surface area contributed by atoms with Gasteiger partial charge in [0.1, 0.15) is 0 Å². The predicted molar refractivity (Wildman–Crippen MR) is 83.3 cm³/mol. The molecule has 1 N–H and O–H groups in total. The van der Waals surface area contributed by atoms with Crippen LogP contribution < -0.4 is 4.90 Å². The molecular weight excluding hydrogens is 264 g/mol. The maximum atomic E-state index is 12.5. The third kappa shape index (κ3) is 3.05. The largest absolute Gasteiger partial charge is 0.392 e. The lowest BCUT2D eigenvalue weighted by Gasteiger charge is -2.37. The highest BCUT2D eigenvalue weighted by molar-refractivity contribution is 5.80. The van der Waals surface area contributed by atoms with E-state index in [1.807, 2.05) is 4.90 Å². The highest BCUT2D eigenvalue weighted by Gasteiger charge is 2.35. The van der Waals surface area contributed by atoms with Crippen molar-refractivity contribution in [1.29, 1.82) is 0 Å². The zero-order valence-electron chi connectivity index (χ0n) is 12.7. The van der Waals surface area contributed by atoms with Crippen molar-refractivity contribution in [3.05, 3.63) is 29.8 Å². The Hall–Kier alpha value is -1.55. The molecule has 1 heterocycles. The molecule has 4 nitrogen and oxygen atoms in total. The minimum Gasteiger partial charge on any atom is -0.392 e. The lowest BCUT2D eigenvalue weighted by molar-refractivity contribution is -0.138. The molecule has 0 aromatic heterocycles. The lowest BCUT2D eigenvalue weighted by atomic mass is 10.0. The van der Waals surface area contributed by atoms with Gasteiger partial charge in [-0.3, -0.25) is 4.79 Å². The van der Waals surface area contributed by atoms with Gasteiger partial charge in [-0.25, -0.2) is 0 Å². The fourth-order valence-electron chi connectivity index (χ4n) is 3.47. The van der Waals surface area contributed by atoms with E-state index in [9.17, 15) is 9.90 Å². The van der Waals surface area contributed by atoms with Crippen LogP contribution in [-0.2, 0) is 4.79 Å². The molecule has 2 fully saturated rings. The van der Waals surface area contributed by atoms with Crippen molar-refractivity contribution >= 4 is 11.6 Å². The number of hydrogen-bond acceptors (Lipinski definition) is 3. The molecule has 1 saturated heterocycles. The van der Waals surface area contributed by atoms with Gasteiger partial charge in [-0.05, 0) is 43.9 Å². The highest BCUT2D eigenvalue weighted by atomic mass is 16.3. The predicted octanol–water partition coefficient (Wildman–Crippen LogP) is 1.80. The Morgan fingerprint density at radius 2 is 1.95 bits per heavy atom. The molecule has 4 heteroatoms. The summed E-state index contributed by atoms with van der Waals surface area (Å²) in [4.78, 5) is 16.7. The average Bonchev–Trinajstić information content (AvgIpc) is 2.93. The summed E-state index contributed by atoms with van der Waals surface area (Å²) in [6.07, 6.45) is 2.17. The Bertz CT molecular complexity index is 509. The molecule has 0 spiro atoms. The normalized spacial score (nSPS) is 26.2. The number of amides is 1. The molecule has 3 rings (SSSR count). The maximum Gasteiger partial charge on any atom is 0.228 e. The second-order valence-corrected chi connectivity index (χ2v) is 6.26. The van der Waals surface area contributed by atoms with Gasteiger partial charge in [0.05, 0.1) is 12.0 Å². The van der Waals surface area contributed by atoms with Gasteiger partial charge < -0.3 is 14.9 Å². The molecule has 0 radical (unpaired) electrons. The van der Waals surface area contributed by atoms with Gasteiger partial charge in [0.25, 0.3) is 0 Å². The molecule has 1 saturated carbocycles. The topological polar surface area (TPSA) is 43.8 Å². The summed E-state index contributed by atoms with van der Waals surface area (Å²) in [5, 5.41) is 9.89. The minimum absolute atomic E-state index is 0.156. The number of anilines is 1. The van der Waals surface area contributed by atoms with Crippen LogP contribution in [0.1, 0.15) is 24.8 Å². The smallest absolute Gasteiger partial charge is 0.228 e. The third-order valence-electron chi connectivity index (χ3n) is 4.75. The number of nitrogens with zero attached hydrogens (tertiary/aromatic N) is 2. The molecule has 2 atom stereocenters. The second kappa shape index (κ2) is 6.06. The highest BCUT2D eigenvalue weighted by Crippen LogP contribution is 2.28. The van der Waals surface area contributed by atoms with Crippen LogP contribution in [0.5, 0.6) is 0 Å². The standard InChI is InChI=1S/C17H24N2O2/c1-13-4-2-5-14(12-13)18-8-10-19(11-9-18)17(21)15-6-3-7-16(15)20/h2,4-5,12,15-16,20H,3,6-11H2,1H3. The second-order valence-electron chi connectivity index (χ2n) is 6.26. The van der Waals surface area contributed by atoms with Crippen LogP contribution in [0.4, 0.5) is 5.69 Å². The van der Waals surface area contributed by atoms with Crippen molar-refractivity contribution in [2.45, 2.75) is 32.3 Å². The van der Waals surface area contributed by atoms with E-state index < -0.39 is 6.10 Å². The first-order valence-electron chi connectivity index (χ1n) is 7.93. The van der Waals surface area contributed by atoms with Crippen LogP contribution in [0.2, 0.25) is 0 Å². The Kier molecular flexibility index (Phi) is 4.15. The van der Waals surface area contributed by atoms with Gasteiger partial charge in [0, 0.05) is 31.9 Å². The summed E-state index contributed by atoms with van der Waals surface area (Å²) in [7, 11) is 0. The average molecular weight is 288 g/mol. The molecule has 0 bridgehead atoms. The molecule has 114 valence electrons. The van der Waals surface area contributed by atoms with Crippen LogP contribution >= 0.6 is 0 Å². The van der Waals surface area contributed by atoms with Crippen molar-refractivity contribution in [1.82, 2.24) is 4.90 Å². The van der Waals surface area contributed by atoms with Crippen molar-refractivity contribution in [2.24, 2.45) is 5.92 Å². The first-order valence-corrected chi connectivity index (χ1v) is 7.93. The van der Waals surface area contributed by atoms with Gasteiger partial charge >= 0.3 is 0 Å². The number of rotatable bonds is 2. The van der Waals surface area contributed by atoms with Crippen molar-refractivity contribution < 1.29 is 9.90 Å². The molecular formula is C17H24N2O2. The number of carbonyl (C=O) groups is 1. The number of aliphatic hydroxyl groups excluding tert-OH is 1. The zero-order valence-corrected chi connectivity index (χ0v) is 12.7. The Morgan fingerprint density at radius 3 is 2.57 bits per heavy atom. The Labute approximate surface area is 126 Å². The quantitative estimate of drug-likeness (QED) is 0.902. The number of aryl methyl sites for hydroxylation is 1. The minimum atomic E-state index is -0.424. The fraction of sp³-hybridized carbons (Fsp3) is 0.588. The SMILES string of the molecule is Cc1cccc(N2CCN(C(=O)C3CCCC3O)CC2)c1. The molecule has 21 heavy (non-hydrogen) atoms. The van der Waals surface area contributed by atoms with E-state index in [1.54, 1.807) is 0 Å². The number of aliphatic hydroxyl groups is 1. The first-order chi connectivity index (χ1) is 10.1. The molecule has 1 aliphatic heterocycles. The first kappa shape index (κ1) is 14.4. The van der Waals surface area contributed by atoms with E-state index in [-0.39, 0.29) is 11.8 Å². The summed E-state index contributed by atoms with van der Waals surface area (Å²) in [6.45, 7) is 5.37. The molecule has 1 aliphatic carbocycles. The summed E-state index contributed by atoms with van der Waals surface area (Å²) in [6, 6.07) is 8.51. The summed E-state index contributed by atoms with van der Waals surface area (Å²) >= 11 is 0. The summed E-state index contributed by atoms with van der Waals surface area (Å²) in [5.74, 6) is -0.000544. The van der Waals surface area contributed by atoms with Gasteiger partial charge in [0.2, 0.25) is 5.91 Å². The van der Waals surface area contributed by atoms with E-state index in [0.29, 0.717) is 0 Å². The van der Waals surface area contributed by atoms with Crippen molar-refractivity contribution in [3.8, 4) is 0 Å². The Balaban J connectivity index is 1.59. The van der Waals surface area contributed by atoms with E-state index >= 15 is 0 Å². The van der Waals surface area contributed by atoms with Crippen LogP contribution in [0.25, 0.3) is 0 Å². The van der Waals surface area contributed by atoms with Gasteiger partial charge in [0.15, 0.2) is 0 Å². The summed E-state index contributed by atoms with van der Waals surface area (Å²) < 4.78 is 0. The number of piperazine rings is 1. The van der Waals surface area contributed by atoms with Crippen LogP contribution in [0, 0.1) is 12.8 Å². The monoisotopic (exact) mass is 288 g/mol. The van der Waals surface area contributed by atoms with E-state index in [0.717, 1.165) is 45.4 Å². The van der Waals surface area contributed by atoms with Gasteiger partial charge in [-0.1, -0.05) is 12.1 Å². The van der Waals surface area contributed by atoms with E-state index in [2.05, 4.69) is 36.1 Å². The zero-order chi connectivity index (χ0) is 14.8. The summed E-state index contributed by atoms with van der Waals surface area (Å²) in [5.41, 5.74) is 2.50. The molecule has 2 aliphatic rings. The van der Waals surface area contributed by atoms with E-state index in [4.69, 9.17) is 0 Å². The maximum absolute atomic E-state index is 12.5. The lowest BCUT2D eigenvalue weighted by Crippen LogP contribution is -2.51. The van der Waals surface area contributed by atoms with Gasteiger partial charge in [-0.15, -0.1) is 0 Å².